The second-order valence-corrected chi connectivity index (χ2v) is 3.29. The van der Waals surface area contributed by atoms with E-state index in [0.717, 1.165) is 12.2 Å². The van der Waals surface area contributed by atoms with Crippen LogP contribution in [-0.4, -0.2) is 11.7 Å². The highest BCUT2D eigenvalue weighted by Gasteiger charge is 1.98. The largest absolute Gasteiger partial charge is 0.506 e. The van der Waals surface area contributed by atoms with Crippen LogP contribution in [0.1, 0.15) is 13.8 Å². The van der Waals surface area contributed by atoms with Crippen molar-refractivity contribution in [3.05, 3.63) is 24.3 Å². The Balaban J connectivity index is 0.00000144. The molecule has 74 valence electrons. The summed E-state index contributed by atoms with van der Waals surface area (Å²) in [5.74, 6) is 0.905. The molecule has 1 aromatic rings. The van der Waals surface area contributed by atoms with Gasteiger partial charge >= 0.3 is 0 Å². The van der Waals surface area contributed by atoms with E-state index >= 15 is 0 Å². The maximum Gasteiger partial charge on any atom is 0.138 e. The van der Waals surface area contributed by atoms with Crippen molar-refractivity contribution < 1.29 is 5.11 Å². The highest BCUT2D eigenvalue weighted by Crippen LogP contribution is 2.21. The van der Waals surface area contributed by atoms with E-state index in [4.69, 9.17) is 0 Å². The number of hydrogen-bond acceptors (Lipinski definition) is 2. The summed E-state index contributed by atoms with van der Waals surface area (Å²) in [6.45, 7) is 5.15. The Kier molecular flexibility index (Phi) is 5.31. The number of benzene rings is 1. The number of phenols is 1. The molecule has 0 heterocycles. The van der Waals surface area contributed by atoms with Gasteiger partial charge in [0.05, 0.1) is 5.69 Å². The Morgan fingerprint density at radius 2 is 1.92 bits per heavy atom. The lowest BCUT2D eigenvalue weighted by atomic mass is 10.2. The van der Waals surface area contributed by atoms with Gasteiger partial charge in [0.25, 0.3) is 0 Å². The molecule has 0 radical (unpaired) electrons. The molecule has 2 nitrogen and oxygen atoms in total. The van der Waals surface area contributed by atoms with Gasteiger partial charge in [0.15, 0.2) is 0 Å². The molecule has 0 saturated heterocycles. The molecule has 0 aliphatic carbocycles. The van der Waals surface area contributed by atoms with Gasteiger partial charge in [0.2, 0.25) is 0 Å². The third-order valence-corrected chi connectivity index (χ3v) is 1.60. The van der Waals surface area contributed by atoms with Gasteiger partial charge in [-0.25, -0.2) is 0 Å². The predicted octanol–water partition coefficient (Wildman–Crippen LogP) is 2.88. The Morgan fingerprint density at radius 1 is 1.31 bits per heavy atom. The summed E-state index contributed by atoms with van der Waals surface area (Å²) in [6, 6.07) is 7.28. The number of phenolic OH excluding ortho intramolecular Hbond substituents is 1. The van der Waals surface area contributed by atoms with Crippen LogP contribution in [0.25, 0.3) is 0 Å². The fourth-order valence-electron chi connectivity index (χ4n) is 0.937. The Hall–Kier alpha value is -0.890. The van der Waals surface area contributed by atoms with Gasteiger partial charge in [-0.2, -0.15) is 0 Å². The first-order chi connectivity index (χ1) is 5.70. The SMILES string of the molecule is CC(C)CNc1ccccc1O.Cl. The average molecular weight is 202 g/mol. The molecule has 0 bridgehead atoms. The van der Waals surface area contributed by atoms with E-state index in [-0.39, 0.29) is 12.4 Å². The van der Waals surface area contributed by atoms with Crippen LogP contribution < -0.4 is 5.32 Å². The molecule has 13 heavy (non-hydrogen) atoms. The van der Waals surface area contributed by atoms with Gasteiger partial charge in [-0.05, 0) is 18.1 Å². The number of anilines is 1. The minimum atomic E-state index is 0. The summed E-state index contributed by atoms with van der Waals surface area (Å²) in [5, 5.41) is 12.5. The predicted molar refractivity (Wildman–Crippen MR) is 58.7 cm³/mol. The van der Waals surface area contributed by atoms with Crippen LogP contribution in [0.2, 0.25) is 0 Å². The summed E-state index contributed by atoms with van der Waals surface area (Å²) in [7, 11) is 0. The molecule has 0 aromatic heterocycles. The van der Waals surface area contributed by atoms with Crippen molar-refractivity contribution in [3.8, 4) is 5.75 Å². The molecule has 0 unspecified atom stereocenters. The maximum absolute atomic E-state index is 9.36. The standard InChI is InChI=1S/C10H15NO.ClH/c1-8(2)7-11-9-5-3-4-6-10(9)12;/h3-6,8,11-12H,7H2,1-2H3;1H. The lowest BCUT2D eigenvalue weighted by Gasteiger charge is -2.09. The van der Waals surface area contributed by atoms with Crippen molar-refractivity contribution in [2.45, 2.75) is 13.8 Å². The Morgan fingerprint density at radius 3 is 2.46 bits per heavy atom. The molecular weight excluding hydrogens is 186 g/mol. The lowest BCUT2D eigenvalue weighted by molar-refractivity contribution is 0.476. The first kappa shape index (κ1) is 12.1. The van der Waals surface area contributed by atoms with Crippen LogP contribution in [0, 0.1) is 5.92 Å². The average Bonchev–Trinajstić information content (AvgIpc) is 2.03. The van der Waals surface area contributed by atoms with Crippen LogP contribution >= 0.6 is 12.4 Å². The van der Waals surface area contributed by atoms with E-state index < -0.39 is 0 Å². The molecule has 0 aliphatic rings. The van der Waals surface area contributed by atoms with Crippen LogP contribution in [0.3, 0.4) is 0 Å². The highest BCUT2D eigenvalue weighted by atomic mass is 35.5. The van der Waals surface area contributed by atoms with Crippen LogP contribution in [0.15, 0.2) is 24.3 Å². The summed E-state index contributed by atoms with van der Waals surface area (Å²) >= 11 is 0. The molecule has 1 rings (SSSR count). The fraction of sp³-hybridized carbons (Fsp3) is 0.400. The van der Waals surface area contributed by atoms with Crippen molar-refractivity contribution in [1.82, 2.24) is 0 Å². The zero-order valence-electron chi connectivity index (χ0n) is 7.95. The number of nitrogens with one attached hydrogen (secondary N) is 1. The molecule has 3 heteroatoms. The van der Waals surface area contributed by atoms with Gasteiger partial charge in [-0.15, -0.1) is 12.4 Å². The third kappa shape index (κ3) is 4.04. The first-order valence-corrected chi connectivity index (χ1v) is 4.22. The molecule has 0 fully saturated rings. The molecule has 0 atom stereocenters. The Bertz CT molecular complexity index is 250. The Labute approximate surface area is 85.4 Å². The molecule has 0 saturated carbocycles. The topological polar surface area (TPSA) is 32.3 Å². The van der Waals surface area contributed by atoms with Crippen molar-refractivity contribution in [2.75, 3.05) is 11.9 Å². The lowest BCUT2D eigenvalue weighted by Crippen LogP contribution is -2.07. The smallest absolute Gasteiger partial charge is 0.138 e. The van der Waals surface area contributed by atoms with Crippen LogP contribution in [0.5, 0.6) is 5.75 Å². The summed E-state index contributed by atoms with van der Waals surface area (Å²) < 4.78 is 0. The van der Waals surface area contributed by atoms with Crippen LogP contribution in [-0.2, 0) is 0 Å². The minimum absolute atomic E-state index is 0. The second-order valence-electron chi connectivity index (χ2n) is 3.29. The van der Waals surface area contributed by atoms with Crippen molar-refractivity contribution in [1.29, 1.82) is 0 Å². The van der Waals surface area contributed by atoms with Gasteiger partial charge in [0.1, 0.15) is 5.75 Å². The number of rotatable bonds is 3. The second kappa shape index (κ2) is 5.70. The van der Waals surface area contributed by atoms with Gasteiger partial charge in [-0.3, -0.25) is 0 Å². The number of para-hydroxylation sites is 2. The van der Waals surface area contributed by atoms with Crippen molar-refractivity contribution in [2.24, 2.45) is 5.92 Å². The van der Waals surface area contributed by atoms with E-state index in [1.54, 1.807) is 6.07 Å². The highest BCUT2D eigenvalue weighted by molar-refractivity contribution is 5.85. The van der Waals surface area contributed by atoms with E-state index in [1.807, 2.05) is 18.2 Å². The minimum Gasteiger partial charge on any atom is -0.506 e. The molecule has 0 spiro atoms. The quantitative estimate of drug-likeness (QED) is 0.738. The number of aromatic hydroxyl groups is 1. The zero-order chi connectivity index (χ0) is 8.97. The zero-order valence-corrected chi connectivity index (χ0v) is 8.77. The monoisotopic (exact) mass is 201 g/mol. The molecule has 2 N–H and O–H groups in total. The third-order valence-electron chi connectivity index (χ3n) is 1.60. The summed E-state index contributed by atoms with van der Waals surface area (Å²) in [4.78, 5) is 0. The van der Waals surface area contributed by atoms with Crippen molar-refractivity contribution in [3.63, 3.8) is 0 Å². The number of halogens is 1. The van der Waals surface area contributed by atoms with E-state index in [9.17, 15) is 5.11 Å². The van der Waals surface area contributed by atoms with Gasteiger partial charge in [0, 0.05) is 6.54 Å². The first-order valence-electron chi connectivity index (χ1n) is 4.22. The normalized spacial score (nSPS) is 9.46. The number of hydrogen-bond donors (Lipinski definition) is 2. The van der Waals surface area contributed by atoms with E-state index in [0.29, 0.717) is 11.7 Å². The summed E-state index contributed by atoms with van der Waals surface area (Å²) in [6.07, 6.45) is 0. The van der Waals surface area contributed by atoms with Gasteiger partial charge in [-0.1, -0.05) is 26.0 Å². The molecule has 0 amide bonds. The molecule has 0 aliphatic heterocycles. The molecular formula is C10H16ClNO. The molecule has 1 aromatic carbocycles. The van der Waals surface area contributed by atoms with Gasteiger partial charge < -0.3 is 10.4 Å². The maximum atomic E-state index is 9.36. The van der Waals surface area contributed by atoms with E-state index in [1.165, 1.54) is 0 Å². The van der Waals surface area contributed by atoms with E-state index in [2.05, 4.69) is 19.2 Å². The summed E-state index contributed by atoms with van der Waals surface area (Å²) in [5.41, 5.74) is 0.811. The van der Waals surface area contributed by atoms with Crippen molar-refractivity contribution >= 4 is 18.1 Å². The fourth-order valence-corrected chi connectivity index (χ4v) is 0.937. The van der Waals surface area contributed by atoms with Crippen LogP contribution in [0.4, 0.5) is 5.69 Å².